The fourth-order valence-electron chi connectivity index (χ4n) is 2.20. The molecule has 0 aliphatic heterocycles. The Balaban J connectivity index is 2.46. The molecule has 0 aromatic heterocycles. The quantitative estimate of drug-likeness (QED) is 0.689. The lowest BCUT2D eigenvalue weighted by Gasteiger charge is -2.19. The summed E-state index contributed by atoms with van der Waals surface area (Å²) in [6, 6.07) is 2.88. The van der Waals surface area contributed by atoms with Crippen molar-refractivity contribution in [2.45, 2.75) is 37.6 Å². The van der Waals surface area contributed by atoms with Gasteiger partial charge in [-0.15, -0.1) is 0 Å². The normalized spacial score (nSPS) is 25.2. The zero-order valence-corrected chi connectivity index (χ0v) is 9.17. The van der Waals surface area contributed by atoms with Crippen LogP contribution in [0.1, 0.15) is 35.6 Å². The number of hydrogen-bond acceptors (Lipinski definition) is 2. The second-order valence-electron chi connectivity index (χ2n) is 4.40. The Labute approximate surface area is 97.2 Å². The van der Waals surface area contributed by atoms with Crippen LogP contribution in [-0.4, -0.2) is 11.2 Å². The molecule has 1 aromatic carbocycles. The summed E-state index contributed by atoms with van der Waals surface area (Å²) in [6.45, 7) is 0. The molecule has 2 atom stereocenters. The number of rotatable bonds is 0. The number of fused-ring (bicyclic) bond motifs is 1. The summed E-state index contributed by atoms with van der Waals surface area (Å²) in [5, 5.41) is 9.69. The molecule has 0 saturated heterocycles. The van der Waals surface area contributed by atoms with Crippen molar-refractivity contribution in [3.8, 4) is 0 Å². The molecule has 5 heteroatoms. The van der Waals surface area contributed by atoms with E-state index in [1.54, 1.807) is 0 Å². The van der Waals surface area contributed by atoms with Crippen molar-refractivity contribution in [3.05, 3.63) is 34.9 Å². The molecule has 1 aliphatic rings. The summed E-state index contributed by atoms with van der Waals surface area (Å²) >= 11 is 0. The van der Waals surface area contributed by atoms with E-state index in [-0.39, 0.29) is 0 Å². The van der Waals surface area contributed by atoms with Crippen LogP contribution in [0.5, 0.6) is 0 Å². The van der Waals surface area contributed by atoms with Gasteiger partial charge in [0.05, 0.1) is 17.7 Å². The minimum Gasteiger partial charge on any atom is -0.391 e. The molecule has 1 aliphatic carbocycles. The van der Waals surface area contributed by atoms with Gasteiger partial charge < -0.3 is 10.8 Å². The van der Waals surface area contributed by atoms with Crippen LogP contribution in [0.2, 0.25) is 0 Å². The molecule has 0 fully saturated rings. The zero-order valence-electron chi connectivity index (χ0n) is 9.17. The van der Waals surface area contributed by atoms with Crippen molar-refractivity contribution in [3.63, 3.8) is 0 Å². The number of nitrogens with two attached hydrogens (primary N) is 1. The lowest BCUT2D eigenvalue weighted by atomic mass is 9.96. The maximum Gasteiger partial charge on any atom is 0.416 e. The van der Waals surface area contributed by atoms with Gasteiger partial charge in [0.15, 0.2) is 0 Å². The molecule has 0 saturated carbocycles. The van der Waals surface area contributed by atoms with Gasteiger partial charge in [-0.2, -0.15) is 13.2 Å². The van der Waals surface area contributed by atoms with Crippen molar-refractivity contribution >= 4 is 0 Å². The number of alkyl halides is 3. The summed E-state index contributed by atoms with van der Waals surface area (Å²) < 4.78 is 37.7. The van der Waals surface area contributed by atoms with Crippen LogP contribution in [0.3, 0.4) is 0 Å². The summed E-state index contributed by atoms with van der Waals surface area (Å²) in [6.07, 6.45) is -3.20. The molecule has 1 aromatic rings. The van der Waals surface area contributed by atoms with Gasteiger partial charge in [-0.3, -0.25) is 0 Å². The van der Waals surface area contributed by atoms with Gasteiger partial charge in [0.2, 0.25) is 0 Å². The van der Waals surface area contributed by atoms with E-state index in [0.717, 1.165) is 24.1 Å². The Morgan fingerprint density at radius 1 is 1.29 bits per heavy atom. The van der Waals surface area contributed by atoms with E-state index in [4.69, 9.17) is 5.73 Å². The second kappa shape index (κ2) is 4.31. The standard InChI is InChI=1S/C12H14F3NO/c13-12(14,15)8-5-4-7-2-1-3-10(17)11(16)9(7)6-8/h4-6,10-11,17H,1-3,16H2/t10-,11+/m0/s1. The van der Waals surface area contributed by atoms with Gasteiger partial charge in [0, 0.05) is 0 Å². The molecule has 0 heterocycles. The van der Waals surface area contributed by atoms with E-state index in [9.17, 15) is 18.3 Å². The lowest BCUT2D eigenvalue weighted by molar-refractivity contribution is -0.137. The van der Waals surface area contributed by atoms with E-state index in [2.05, 4.69) is 0 Å². The predicted molar refractivity (Wildman–Crippen MR) is 57.3 cm³/mol. The van der Waals surface area contributed by atoms with E-state index >= 15 is 0 Å². The maximum absolute atomic E-state index is 12.6. The van der Waals surface area contributed by atoms with Crippen molar-refractivity contribution in [2.24, 2.45) is 5.73 Å². The van der Waals surface area contributed by atoms with Gasteiger partial charge in [-0.1, -0.05) is 6.07 Å². The Bertz CT molecular complexity index is 417. The molecule has 0 amide bonds. The minimum absolute atomic E-state index is 0.421. The first kappa shape index (κ1) is 12.4. The third-order valence-corrected chi connectivity index (χ3v) is 3.19. The smallest absolute Gasteiger partial charge is 0.391 e. The van der Waals surface area contributed by atoms with E-state index in [1.807, 2.05) is 0 Å². The molecular weight excluding hydrogens is 231 g/mol. The summed E-state index contributed by atoms with van der Waals surface area (Å²) in [7, 11) is 0. The van der Waals surface area contributed by atoms with Crippen molar-refractivity contribution in [1.82, 2.24) is 0 Å². The number of aliphatic hydroxyl groups excluding tert-OH is 1. The van der Waals surface area contributed by atoms with Gasteiger partial charge in [-0.25, -0.2) is 0 Å². The highest BCUT2D eigenvalue weighted by Gasteiger charge is 2.32. The maximum atomic E-state index is 12.6. The molecule has 0 bridgehead atoms. The van der Waals surface area contributed by atoms with Crippen LogP contribution < -0.4 is 5.73 Å². The molecule has 0 unspecified atom stereocenters. The van der Waals surface area contributed by atoms with Gasteiger partial charge in [-0.05, 0) is 42.5 Å². The van der Waals surface area contributed by atoms with Crippen LogP contribution in [0.25, 0.3) is 0 Å². The number of hydrogen-bond donors (Lipinski definition) is 2. The molecule has 2 nitrogen and oxygen atoms in total. The summed E-state index contributed by atoms with van der Waals surface area (Å²) in [4.78, 5) is 0. The molecule has 2 rings (SSSR count). The SMILES string of the molecule is N[C@@H]1c2cc(C(F)(F)F)ccc2CCC[C@@H]1O. The second-order valence-corrected chi connectivity index (χ2v) is 4.40. The molecule has 3 N–H and O–H groups in total. The summed E-state index contributed by atoms with van der Waals surface area (Å²) in [5.41, 5.74) is 6.31. The third-order valence-electron chi connectivity index (χ3n) is 3.19. The van der Waals surface area contributed by atoms with E-state index < -0.39 is 23.9 Å². The molecule has 0 radical (unpaired) electrons. The van der Waals surface area contributed by atoms with Crippen LogP contribution >= 0.6 is 0 Å². The lowest BCUT2D eigenvalue weighted by Crippen LogP contribution is -2.25. The fraction of sp³-hybridized carbons (Fsp3) is 0.500. The van der Waals surface area contributed by atoms with Crippen LogP contribution in [0.15, 0.2) is 18.2 Å². The highest BCUT2D eigenvalue weighted by atomic mass is 19.4. The highest BCUT2D eigenvalue weighted by Crippen LogP contribution is 2.34. The predicted octanol–water partition coefficient (Wildman–Crippen LogP) is 2.40. The molecule has 94 valence electrons. The zero-order chi connectivity index (χ0) is 12.6. The number of aryl methyl sites for hydroxylation is 1. The van der Waals surface area contributed by atoms with Crippen LogP contribution in [0, 0.1) is 0 Å². The monoisotopic (exact) mass is 245 g/mol. The summed E-state index contributed by atoms with van der Waals surface area (Å²) in [5.74, 6) is 0. The topological polar surface area (TPSA) is 46.2 Å². The average Bonchev–Trinajstić information content (AvgIpc) is 2.39. The first-order valence-corrected chi connectivity index (χ1v) is 5.53. The van der Waals surface area contributed by atoms with E-state index in [0.29, 0.717) is 18.4 Å². The van der Waals surface area contributed by atoms with Gasteiger partial charge in [0.1, 0.15) is 0 Å². The number of benzene rings is 1. The van der Waals surface area contributed by atoms with Crippen molar-refractivity contribution in [2.75, 3.05) is 0 Å². The third kappa shape index (κ3) is 2.45. The van der Waals surface area contributed by atoms with Crippen molar-refractivity contribution < 1.29 is 18.3 Å². The van der Waals surface area contributed by atoms with Gasteiger partial charge in [0.25, 0.3) is 0 Å². The first-order valence-electron chi connectivity index (χ1n) is 5.53. The minimum atomic E-state index is -4.37. The Kier molecular flexibility index (Phi) is 3.14. The van der Waals surface area contributed by atoms with Crippen LogP contribution in [-0.2, 0) is 12.6 Å². The largest absolute Gasteiger partial charge is 0.416 e. The van der Waals surface area contributed by atoms with Crippen molar-refractivity contribution in [1.29, 1.82) is 0 Å². The number of halogens is 3. The number of aliphatic hydroxyl groups is 1. The van der Waals surface area contributed by atoms with Gasteiger partial charge >= 0.3 is 6.18 Å². The average molecular weight is 245 g/mol. The highest BCUT2D eigenvalue weighted by molar-refractivity contribution is 5.37. The fourth-order valence-corrected chi connectivity index (χ4v) is 2.20. The molecular formula is C12H14F3NO. The van der Waals surface area contributed by atoms with Crippen LogP contribution in [0.4, 0.5) is 13.2 Å². The Morgan fingerprint density at radius 2 is 2.00 bits per heavy atom. The first-order chi connectivity index (χ1) is 7.89. The Morgan fingerprint density at radius 3 is 2.65 bits per heavy atom. The van der Waals surface area contributed by atoms with E-state index in [1.165, 1.54) is 6.07 Å². The molecule has 17 heavy (non-hydrogen) atoms. The molecule has 0 spiro atoms. The Hall–Kier alpha value is -1.07.